The summed E-state index contributed by atoms with van der Waals surface area (Å²) in [6.45, 7) is 0. The van der Waals surface area contributed by atoms with E-state index < -0.39 is 14.5 Å². The van der Waals surface area contributed by atoms with Crippen molar-refractivity contribution in [1.82, 2.24) is 0 Å². The van der Waals surface area contributed by atoms with Crippen LogP contribution < -0.4 is 14.6 Å². The minimum absolute atomic E-state index is 0.845. The van der Waals surface area contributed by atoms with Gasteiger partial charge in [0.05, 0.1) is 7.11 Å². The molecule has 0 unspecified atom stereocenters. The van der Waals surface area contributed by atoms with E-state index in [2.05, 4.69) is 5.73 Å². The fraction of sp³-hybridized carbons (Fsp3) is 0.143. The summed E-state index contributed by atoms with van der Waals surface area (Å²) < 4.78 is 36.9. The van der Waals surface area contributed by atoms with Crippen molar-refractivity contribution in [1.29, 1.82) is 0 Å². The molecule has 0 atom stereocenters. The summed E-state index contributed by atoms with van der Waals surface area (Å²) in [5.74, 6) is 0.845. The summed E-state index contributed by atoms with van der Waals surface area (Å²) in [6, 6.07) is 7.67. The predicted molar refractivity (Wildman–Crippen MR) is 46.4 cm³/mol. The number of ether oxygens (including phenoxy) is 1. The van der Waals surface area contributed by atoms with Crippen LogP contribution in [0.1, 0.15) is 0 Å². The van der Waals surface area contributed by atoms with Gasteiger partial charge in [0, 0.05) is 6.07 Å². The Hall–Kier alpha value is -0.782. The molecule has 1 rings (SSSR count). The molecule has 6 nitrogen and oxygen atoms in total. The molecule has 0 aliphatic rings. The zero-order valence-corrected chi connectivity index (χ0v) is 9.46. The molecule has 0 saturated heterocycles. The number of para-hydroxylation sites is 1. The van der Waals surface area contributed by atoms with Gasteiger partial charge in [-0.3, -0.25) is 0 Å². The fourth-order valence-corrected chi connectivity index (χ4v) is 0.703. The van der Waals surface area contributed by atoms with Gasteiger partial charge in [0.15, 0.2) is 11.4 Å². The van der Waals surface area contributed by atoms with Gasteiger partial charge < -0.3 is 10.5 Å². The van der Waals surface area contributed by atoms with Gasteiger partial charge in [-0.2, -0.15) is 0 Å². The Labute approximate surface area is 84.3 Å². The topological polar surface area (TPSA) is 117 Å². The molecular weight excluding hydrogens is 253 g/mol. The van der Waals surface area contributed by atoms with Crippen LogP contribution in [0.15, 0.2) is 24.3 Å². The van der Waals surface area contributed by atoms with Gasteiger partial charge >= 0.3 is 30.5 Å². The van der Waals surface area contributed by atoms with Crippen LogP contribution in [0.5, 0.6) is 5.75 Å². The Morgan fingerprint density at radius 2 is 1.86 bits per heavy atom. The first kappa shape index (κ1) is 13.2. The summed E-state index contributed by atoms with van der Waals surface area (Å²) >= 11 is -5.38. The first-order valence-electron chi connectivity index (χ1n) is 3.56. The number of rotatable bonds is 1. The summed E-state index contributed by atoms with van der Waals surface area (Å²) in [5, 5.41) is 0. The third-order valence-corrected chi connectivity index (χ3v) is 1.19. The molecule has 1 aromatic rings. The average Bonchev–Trinajstić information content (AvgIpc) is 2.02. The van der Waals surface area contributed by atoms with Gasteiger partial charge in [-0.1, -0.05) is 12.1 Å². The Balaban J connectivity index is 0.000000292. The van der Waals surface area contributed by atoms with Gasteiger partial charge in [0.25, 0.3) is 0 Å². The Morgan fingerprint density at radius 1 is 1.43 bits per heavy atom. The van der Waals surface area contributed by atoms with E-state index >= 15 is 0 Å². The first-order valence-corrected chi connectivity index (χ1v) is 6.77. The second kappa shape index (κ2) is 5.85. The van der Waals surface area contributed by atoms with Crippen LogP contribution in [-0.4, -0.2) is 29.8 Å². The van der Waals surface area contributed by atoms with Crippen molar-refractivity contribution in [2.75, 3.05) is 7.11 Å². The van der Waals surface area contributed by atoms with Gasteiger partial charge in [-0.05, 0) is 6.07 Å². The zero-order chi connectivity index (χ0) is 11.2. The molecule has 0 radical (unpaired) electrons. The van der Waals surface area contributed by atoms with E-state index in [9.17, 15) is 0 Å². The van der Waals surface area contributed by atoms with Crippen molar-refractivity contribution >= 4 is 20.2 Å². The molecule has 0 aliphatic carbocycles. The van der Waals surface area contributed by atoms with Crippen LogP contribution in [0, 0.1) is 0 Å². The molecule has 5 N–H and O–H groups in total. The van der Waals surface area contributed by atoms with Crippen molar-refractivity contribution in [2.45, 2.75) is 0 Å². The summed E-state index contributed by atoms with van der Waals surface area (Å²) in [5.41, 5.74) is 4.70. The summed E-state index contributed by atoms with van der Waals surface area (Å²) in [7, 11) is 1.64. The molecule has 0 spiro atoms. The number of hydrogen-bond donors (Lipinski definition) is 3. The third-order valence-electron chi connectivity index (χ3n) is 1.19. The second-order valence-electron chi connectivity index (χ2n) is 2.30. The molecule has 0 bridgehead atoms. The van der Waals surface area contributed by atoms with E-state index in [4.69, 9.17) is 20.8 Å². The van der Waals surface area contributed by atoms with E-state index in [0.29, 0.717) is 0 Å². The van der Waals surface area contributed by atoms with E-state index in [1.54, 1.807) is 7.11 Å². The SMILES string of the molecule is COc1ccccc1[NH3+].O=[As]([O-])(O)O. The van der Waals surface area contributed by atoms with Crippen LogP contribution in [0.4, 0.5) is 5.69 Å². The molecule has 80 valence electrons. The normalized spacial score (nSPS) is 10.1. The van der Waals surface area contributed by atoms with E-state index in [-0.39, 0.29) is 0 Å². The fourth-order valence-electron chi connectivity index (χ4n) is 0.703. The van der Waals surface area contributed by atoms with Crippen molar-refractivity contribution in [2.24, 2.45) is 0 Å². The van der Waals surface area contributed by atoms with Crippen molar-refractivity contribution in [3.8, 4) is 5.75 Å². The van der Waals surface area contributed by atoms with E-state index in [0.717, 1.165) is 11.4 Å². The molecule has 0 amide bonds. The van der Waals surface area contributed by atoms with Crippen molar-refractivity contribution in [3.05, 3.63) is 24.3 Å². The molecular formula is C7H12AsNO5. The maximum atomic E-state index is 8.83. The van der Waals surface area contributed by atoms with Gasteiger partial charge in [0.1, 0.15) is 0 Å². The minimum atomic E-state index is -5.38. The summed E-state index contributed by atoms with van der Waals surface area (Å²) in [6.07, 6.45) is 0. The molecule has 0 aliphatic heterocycles. The van der Waals surface area contributed by atoms with Crippen LogP contribution >= 0.6 is 0 Å². The van der Waals surface area contributed by atoms with Crippen LogP contribution in [0.2, 0.25) is 0 Å². The quantitative estimate of drug-likeness (QED) is 0.496. The molecule has 0 saturated carbocycles. The van der Waals surface area contributed by atoms with Crippen LogP contribution in [-0.2, 0) is 3.74 Å². The molecule has 0 aromatic heterocycles. The molecule has 1 aromatic carbocycles. The Bertz CT molecular complexity index is 315. The number of methoxy groups -OCH3 is 1. The predicted octanol–water partition coefficient (Wildman–Crippen LogP) is -2.23. The number of quaternary nitrogens is 1. The number of hydrogen-bond acceptors (Lipinski definition) is 3. The number of benzene rings is 1. The molecule has 14 heavy (non-hydrogen) atoms. The zero-order valence-electron chi connectivity index (χ0n) is 7.58. The Morgan fingerprint density at radius 3 is 2.14 bits per heavy atom. The monoisotopic (exact) mass is 265 g/mol. The van der Waals surface area contributed by atoms with Crippen LogP contribution in [0.25, 0.3) is 0 Å². The van der Waals surface area contributed by atoms with E-state index in [1.165, 1.54) is 0 Å². The van der Waals surface area contributed by atoms with Crippen molar-refractivity contribution in [3.63, 3.8) is 0 Å². The van der Waals surface area contributed by atoms with Gasteiger partial charge in [0.2, 0.25) is 0 Å². The van der Waals surface area contributed by atoms with Gasteiger partial charge in [-0.25, -0.2) is 0 Å². The van der Waals surface area contributed by atoms with Gasteiger partial charge in [-0.15, -0.1) is 0 Å². The summed E-state index contributed by atoms with van der Waals surface area (Å²) in [4.78, 5) is 0. The molecule has 7 heteroatoms. The van der Waals surface area contributed by atoms with Crippen molar-refractivity contribution < 1.29 is 26.5 Å². The standard InChI is InChI=1S/C7H9NO.AsH3O4/c1-9-7-5-3-2-4-6(7)8;2-1(3,4)5/h2-5H,8H2,1H3;(H3,2,3,4,5). The Kier molecular flexibility index (Phi) is 5.52. The second-order valence-corrected chi connectivity index (χ2v) is 4.36. The third kappa shape index (κ3) is 7.85. The van der Waals surface area contributed by atoms with Crippen LogP contribution in [0.3, 0.4) is 0 Å². The maximum absolute atomic E-state index is 8.83. The first-order chi connectivity index (χ1) is 6.34. The average molecular weight is 265 g/mol. The molecule has 0 heterocycles. The molecule has 0 fully saturated rings. The van der Waals surface area contributed by atoms with E-state index in [1.807, 2.05) is 24.3 Å².